The Bertz CT molecular complexity index is 1380. The molecule has 1 unspecified atom stereocenters. The first-order chi connectivity index (χ1) is 18.7. The first-order valence-electron chi connectivity index (χ1n) is 12.7. The summed E-state index contributed by atoms with van der Waals surface area (Å²) in [6, 6.07) is 24.5. The van der Waals surface area contributed by atoms with Crippen molar-refractivity contribution in [1.82, 2.24) is 10.6 Å². The van der Waals surface area contributed by atoms with Crippen LogP contribution in [0.2, 0.25) is 5.02 Å². The number of nitrogens with zero attached hydrogens (tertiary/aromatic N) is 4. The summed E-state index contributed by atoms with van der Waals surface area (Å²) < 4.78 is 0.213. The minimum absolute atomic E-state index is 0.0263. The lowest BCUT2D eigenvalue weighted by Crippen LogP contribution is -2.79. The maximum Gasteiger partial charge on any atom is 0.307 e. The fourth-order valence-electron chi connectivity index (χ4n) is 4.64. The molecular formula is C29H32ClN6O3+. The number of nitrogens with one attached hydrogen (secondary N) is 2. The Morgan fingerprint density at radius 2 is 1.51 bits per heavy atom. The van der Waals surface area contributed by atoms with E-state index < -0.39 is 23.4 Å². The normalized spacial score (nSPS) is 17.0. The van der Waals surface area contributed by atoms with Crippen molar-refractivity contribution >= 4 is 46.5 Å². The highest BCUT2D eigenvalue weighted by Crippen LogP contribution is 2.36. The molecule has 10 heteroatoms. The molecule has 1 atom stereocenters. The summed E-state index contributed by atoms with van der Waals surface area (Å²) in [6.07, 6.45) is 0. The summed E-state index contributed by atoms with van der Waals surface area (Å²) in [6.45, 7) is 6.47. The van der Waals surface area contributed by atoms with Crippen LogP contribution in [0.3, 0.4) is 0 Å². The monoisotopic (exact) mass is 547 g/mol. The van der Waals surface area contributed by atoms with Crippen molar-refractivity contribution in [1.29, 1.82) is 0 Å². The first kappa shape index (κ1) is 27.8. The summed E-state index contributed by atoms with van der Waals surface area (Å²) in [4.78, 5) is 41.0. The smallest absolute Gasteiger partial charge is 0.307 e. The number of carbonyl (C=O) groups is 3. The molecule has 0 radical (unpaired) electrons. The number of benzene rings is 3. The predicted octanol–water partition coefficient (Wildman–Crippen LogP) is 4.17. The van der Waals surface area contributed by atoms with Crippen molar-refractivity contribution < 1.29 is 19.0 Å². The lowest BCUT2D eigenvalue weighted by atomic mass is 10.0. The van der Waals surface area contributed by atoms with Gasteiger partial charge in [0, 0.05) is 17.5 Å². The van der Waals surface area contributed by atoms with Crippen molar-refractivity contribution in [3.63, 3.8) is 0 Å². The quantitative estimate of drug-likeness (QED) is 0.251. The van der Waals surface area contributed by atoms with Gasteiger partial charge in [0.05, 0.1) is 31.5 Å². The Hall–Kier alpha value is -4.21. The molecule has 0 saturated carbocycles. The highest BCUT2D eigenvalue weighted by Gasteiger charge is 2.63. The number of hydrogen-bond donors (Lipinski definition) is 2. The van der Waals surface area contributed by atoms with Gasteiger partial charge in [-0.3, -0.25) is 14.4 Å². The van der Waals surface area contributed by atoms with Crippen LogP contribution in [0.1, 0.15) is 31.1 Å². The molecule has 1 aliphatic heterocycles. The zero-order valence-electron chi connectivity index (χ0n) is 22.4. The molecule has 0 spiro atoms. The third-order valence-electron chi connectivity index (χ3n) is 6.90. The van der Waals surface area contributed by atoms with E-state index in [-0.39, 0.29) is 10.4 Å². The number of hydrogen-bond acceptors (Lipinski definition) is 5. The number of quaternary nitrogens is 1. The molecule has 4 rings (SSSR count). The fraction of sp³-hybridized carbons (Fsp3) is 0.241. The molecule has 0 bridgehead atoms. The lowest BCUT2D eigenvalue weighted by Gasteiger charge is -2.50. The van der Waals surface area contributed by atoms with Crippen LogP contribution in [0.15, 0.2) is 90.0 Å². The van der Waals surface area contributed by atoms with Gasteiger partial charge in [-0.15, -0.1) is 5.10 Å². The van der Waals surface area contributed by atoms with Gasteiger partial charge < -0.3 is 10.6 Å². The molecule has 0 saturated heterocycles. The average Bonchev–Trinajstić information content (AvgIpc) is 3.20. The summed E-state index contributed by atoms with van der Waals surface area (Å²) >= 11 is 6.11. The molecule has 2 N–H and O–H groups in total. The molecule has 1 heterocycles. The Kier molecular flexibility index (Phi) is 8.03. The molecule has 39 heavy (non-hydrogen) atoms. The molecule has 3 aromatic carbocycles. The van der Waals surface area contributed by atoms with E-state index in [0.29, 0.717) is 35.1 Å². The molecule has 0 aliphatic carbocycles. The summed E-state index contributed by atoms with van der Waals surface area (Å²) in [5, 5.41) is 13.9. The van der Waals surface area contributed by atoms with Crippen LogP contribution in [-0.4, -0.2) is 53.9 Å². The van der Waals surface area contributed by atoms with Crippen LogP contribution < -0.4 is 20.7 Å². The molecular weight excluding hydrogens is 516 g/mol. The third-order valence-corrected chi connectivity index (χ3v) is 7.16. The van der Waals surface area contributed by atoms with Gasteiger partial charge in [0.1, 0.15) is 0 Å². The summed E-state index contributed by atoms with van der Waals surface area (Å²) in [5.74, 6) is -1.52. The van der Waals surface area contributed by atoms with E-state index in [4.69, 9.17) is 11.6 Å². The van der Waals surface area contributed by atoms with Gasteiger partial charge in [0.25, 0.3) is 5.91 Å². The van der Waals surface area contributed by atoms with Gasteiger partial charge in [-0.1, -0.05) is 48.0 Å². The SMILES string of the molecule is CC[N+](C)(CC)N(c1ccccc1)C1(NC(C)=O)C(=O)N(c2ccc(Cl)cc2)N=C1NC(=O)c1ccccc1. The first-order valence-corrected chi connectivity index (χ1v) is 13.1. The second-order valence-corrected chi connectivity index (χ2v) is 9.81. The van der Waals surface area contributed by atoms with Crippen molar-refractivity contribution in [3.05, 3.63) is 95.5 Å². The second-order valence-electron chi connectivity index (χ2n) is 9.37. The van der Waals surface area contributed by atoms with Gasteiger partial charge in [-0.2, -0.15) is 10.0 Å². The van der Waals surface area contributed by atoms with Gasteiger partial charge in [-0.05, 0) is 62.4 Å². The number of carbonyl (C=O) groups excluding carboxylic acids is 3. The van der Waals surface area contributed by atoms with Crippen LogP contribution in [0.4, 0.5) is 11.4 Å². The van der Waals surface area contributed by atoms with Crippen LogP contribution in [0.25, 0.3) is 0 Å². The van der Waals surface area contributed by atoms with Crippen LogP contribution in [-0.2, 0) is 9.59 Å². The van der Waals surface area contributed by atoms with Crippen LogP contribution in [0.5, 0.6) is 0 Å². The standard InChI is InChI=1S/C29H31ClN6O3/c1-5-36(4,6-2)35(25-15-11-8-12-16-25)29(32-21(3)37)27(31-26(38)22-13-9-7-10-14-22)33-34(28(29)39)24-19-17-23(30)18-20-24/h7-20H,5-6H2,1-4H3,(H-,31,32,33,37,38)/p+1. The van der Waals surface area contributed by atoms with Crippen molar-refractivity contribution in [2.75, 3.05) is 30.2 Å². The molecule has 1 aliphatic rings. The van der Waals surface area contributed by atoms with E-state index in [1.54, 1.807) is 54.6 Å². The van der Waals surface area contributed by atoms with Gasteiger partial charge in [-0.25, -0.2) is 4.59 Å². The number of rotatable bonds is 8. The van der Waals surface area contributed by atoms with E-state index in [0.717, 1.165) is 0 Å². The van der Waals surface area contributed by atoms with E-state index in [9.17, 15) is 14.4 Å². The largest absolute Gasteiger partial charge is 0.315 e. The number of para-hydroxylation sites is 1. The molecule has 202 valence electrons. The summed E-state index contributed by atoms with van der Waals surface area (Å²) in [7, 11) is 1.96. The maximum absolute atomic E-state index is 14.6. The number of hydrazone groups is 1. The number of amides is 3. The number of amidine groups is 1. The van der Waals surface area contributed by atoms with E-state index in [2.05, 4.69) is 15.7 Å². The number of halogens is 1. The van der Waals surface area contributed by atoms with Crippen molar-refractivity contribution in [2.45, 2.75) is 26.4 Å². The van der Waals surface area contributed by atoms with Crippen molar-refractivity contribution in [2.24, 2.45) is 5.10 Å². The zero-order chi connectivity index (χ0) is 28.2. The highest BCUT2D eigenvalue weighted by molar-refractivity contribution is 6.31. The Morgan fingerprint density at radius 3 is 2.05 bits per heavy atom. The highest BCUT2D eigenvalue weighted by atomic mass is 35.5. The molecule has 9 nitrogen and oxygen atoms in total. The Morgan fingerprint density at radius 1 is 0.949 bits per heavy atom. The molecule has 0 fully saturated rings. The second kappa shape index (κ2) is 11.3. The minimum Gasteiger partial charge on any atom is -0.315 e. The van der Waals surface area contributed by atoms with Crippen LogP contribution in [0, 0.1) is 0 Å². The van der Waals surface area contributed by atoms with Crippen LogP contribution >= 0.6 is 11.6 Å². The minimum atomic E-state index is -1.89. The molecule has 3 amide bonds. The topological polar surface area (TPSA) is 94.1 Å². The maximum atomic E-state index is 14.6. The van der Waals surface area contributed by atoms with Gasteiger partial charge in [0.2, 0.25) is 5.91 Å². The average molecular weight is 548 g/mol. The molecule has 3 aromatic rings. The third kappa shape index (κ3) is 5.23. The van der Waals surface area contributed by atoms with Crippen molar-refractivity contribution in [3.8, 4) is 0 Å². The van der Waals surface area contributed by atoms with E-state index in [1.807, 2.05) is 56.2 Å². The lowest BCUT2D eigenvalue weighted by molar-refractivity contribution is -0.917. The van der Waals surface area contributed by atoms with Gasteiger partial charge in [0.15, 0.2) is 5.84 Å². The Labute approximate surface area is 233 Å². The zero-order valence-corrected chi connectivity index (χ0v) is 23.1. The van der Waals surface area contributed by atoms with Gasteiger partial charge >= 0.3 is 11.6 Å². The fourth-order valence-corrected chi connectivity index (χ4v) is 4.76. The molecule has 0 aromatic heterocycles. The predicted molar refractivity (Wildman–Crippen MR) is 153 cm³/mol. The number of anilines is 2. The summed E-state index contributed by atoms with van der Waals surface area (Å²) in [5.41, 5.74) is -0.426. The van der Waals surface area contributed by atoms with E-state index >= 15 is 0 Å². The Balaban J connectivity index is 1.99. The van der Waals surface area contributed by atoms with E-state index in [1.165, 1.54) is 11.9 Å².